The molecule has 0 aliphatic carbocycles. The molecule has 0 unspecified atom stereocenters. The summed E-state index contributed by atoms with van der Waals surface area (Å²) < 4.78 is 51.4. The fourth-order valence-electron chi connectivity index (χ4n) is 4.45. The second-order valence-corrected chi connectivity index (χ2v) is 8.43. The Kier molecular flexibility index (Phi) is 5.28. The predicted molar refractivity (Wildman–Crippen MR) is 112 cm³/mol. The fourth-order valence-corrected chi connectivity index (χ4v) is 4.45. The topological polar surface area (TPSA) is 135 Å². The van der Waals surface area contributed by atoms with E-state index in [1.807, 2.05) is 0 Å². The van der Waals surface area contributed by atoms with Gasteiger partial charge in [0.05, 0.1) is 0 Å². The Hall–Kier alpha value is -4.33. The number of cyclic esters (lactones) is 1. The summed E-state index contributed by atoms with van der Waals surface area (Å²) >= 11 is 0. The number of alkyl halides is 3. The van der Waals surface area contributed by atoms with Crippen LogP contribution < -0.4 is 25.4 Å². The zero-order valence-corrected chi connectivity index (χ0v) is 18.2. The van der Waals surface area contributed by atoms with E-state index >= 15 is 0 Å². The highest BCUT2D eigenvalue weighted by Gasteiger charge is 2.64. The van der Waals surface area contributed by atoms with Gasteiger partial charge in [0, 0.05) is 13.1 Å². The van der Waals surface area contributed by atoms with E-state index in [1.54, 1.807) is 0 Å². The first-order valence-corrected chi connectivity index (χ1v) is 10.5. The monoisotopic (exact) mass is 506 g/mol. The number of imide groups is 2. The summed E-state index contributed by atoms with van der Waals surface area (Å²) in [5.41, 5.74) is -2.43. The highest BCUT2D eigenvalue weighted by molar-refractivity contribution is 6.22. The molecule has 36 heavy (non-hydrogen) atoms. The van der Waals surface area contributed by atoms with Crippen LogP contribution in [0.5, 0.6) is 17.2 Å². The van der Waals surface area contributed by atoms with Crippen LogP contribution in [0.2, 0.25) is 0 Å². The first kappa shape index (κ1) is 23.4. The summed E-state index contributed by atoms with van der Waals surface area (Å²) in [5, 5.41) is 6.91. The third-order valence-corrected chi connectivity index (χ3v) is 5.98. The number of rotatable bonds is 5. The van der Waals surface area contributed by atoms with Crippen LogP contribution in [-0.2, 0) is 19.9 Å². The van der Waals surface area contributed by atoms with E-state index in [1.165, 1.54) is 41.3 Å². The standard InChI is InChI=1S/C22H17F3N4O7/c23-22(24,25)36-15-7-5-14(6-8-15)35-13-3-1-12(2-4-13)21(16(30)26-18(32)27-17(21)31)29-9-20(10-29)11-34-19(33)28-20/h1-8H,9-11H2,(H,28,33)(H2,26,27,30,31,32). The van der Waals surface area contributed by atoms with Crippen molar-refractivity contribution < 1.29 is 46.6 Å². The molecule has 3 heterocycles. The van der Waals surface area contributed by atoms with Gasteiger partial charge in [-0.3, -0.25) is 25.1 Å². The van der Waals surface area contributed by atoms with Crippen molar-refractivity contribution in [1.82, 2.24) is 20.9 Å². The molecule has 3 N–H and O–H groups in total. The zero-order valence-electron chi connectivity index (χ0n) is 18.2. The van der Waals surface area contributed by atoms with Crippen LogP contribution in [0.15, 0.2) is 48.5 Å². The highest BCUT2D eigenvalue weighted by Crippen LogP contribution is 2.40. The molecule has 0 radical (unpaired) electrons. The summed E-state index contributed by atoms with van der Waals surface area (Å²) in [6.45, 7) is 0.289. The maximum Gasteiger partial charge on any atom is 0.573 e. The Bertz CT molecular complexity index is 1220. The van der Waals surface area contributed by atoms with Crippen LogP contribution in [0.3, 0.4) is 0 Å². The molecule has 5 rings (SSSR count). The third-order valence-electron chi connectivity index (χ3n) is 5.98. The molecule has 3 aliphatic heterocycles. The van der Waals surface area contributed by atoms with Gasteiger partial charge in [0.1, 0.15) is 29.4 Å². The van der Waals surface area contributed by atoms with Crippen molar-refractivity contribution in [2.45, 2.75) is 17.4 Å². The van der Waals surface area contributed by atoms with Gasteiger partial charge < -0.3 is 19.5 Å². The number of halogens is 3. The number of urea groups is 1. The number of hydrogen-bond donors (Lipinski definition) is 3. The van der Waals surface area contributed by atoms with Crippen LogP contribution in [0, 0.1) is 0 Å². The normalized spacial score (nSPS) is 20.6. The quantitative estimate of drug-likeness (QED) is 0.522. The van der Waals surface area contributed by atoms with Gasteiger partial charge in [0.2, 0.25) is 5.54 Å². The Balaban J connectivity index is 1.38. The first-order valence-electron chi connectivity index (χ1n) is 10.5. The molecule has 11 nitrogen and oxygen atoms in total. The lowest BCUT2D eigenvalue weighted by Gasteiger charge is -2.54. The van der Waals surface area contributed by atoms with E-state index in [0.717, 1.165) is 12.1 Å². The molecule has 0 atom stereocenters. The number of hydrogen-bond acceptors (Lipinski definition) is 8. The van der Waals surface area contributed by atoms with Crippen molar-refractivity contribution in [1.29, 1.82) is 0 Å². The van der Waals surface area contributed by atoms with Crippen molar-refractivity contribution in [2.75, 3.05) is 19.7 Å². The van der Waals surface area contributed by atoms with Crippen molar-refractivity contribution in [3.8, 4) is 17.2 Å². The van der Waals surface area contributed by atoms with E-state index in [9.17, 15) is 32.3 Å². The predicted octanol–water partition coefficient (Wildman–Crippen LogP) is 1.73. The number of alkyl carbamates (subject to hydrolysis) is 1. The number of nitrogens with one attached hydrogen (secondary N) is 3. The van der Waals surface area contributed by atoms with Crippen LogP contribution in [0.25, 0.3) is 0 Å². The fraction of sp³-hybridized carbons (Fsp3) is 0.273. The molecule has 0 saturated carbocycles. The molecule has 3 saturated heterocycles. The Labute approximate surface area is 200 Å². The minimum Gasteiger partial charge on any atom is -0.457 e. The maximum atomic E-state index is 13.1. The zero-order chi connectivity index (χ0) is 25.7. The van der Waals surface area contributed by atoms with Crippen LogP contribution in [0.4, 0.5) is 22.8 Å². The summed E-state index contributed by atoms with van der Waals surface area (Å²) in [6, 6.07) is 9.62. The average molecular weight is 506 g/mol. The van der Waals surface area contributed by atoms with Crippen molar-refractivity contribution in [2.24, 2.45) is 0 Å². The molecule has 2 aromatic rings. The molecular formula is C22H17F3N4O7. The molecule has 3 fully saturated rings. The lowest BCUT2D eigenvalue weighted by atomic mass is 9.78. The number of likely N-dealkylation sites (tertiary alicyclic amines) is 1. The largest absolute Gasteiger partial charge is 0.573 e. The van der Waals surface area contributed by atoms with Gasteiger partial charge in [-0.05, 0) is 42.0 Å². The molecular weight excluding hydrogens is 489 g/mol. The van der Waals surface area contributed by atoms with Gasteiger partial charge >= 0.3 is 18.5 Å². The summed E-state index contributed by atoms with van der Waals surface area (Å²) in [5.74, 6) is -1.64. The lowest BCUT2D eigenvalue weighted by molar-refractivity contribution is -0.274. The Morgan fingerprint density at radius 3 is 1.86 bits per heavy atom. The van der Waals surface area contributed by atoms with E-state index in [0.29, 0.717) is 0 Å². The SMILES string of the molecule is O=C1NC(=O)C(c2ccc(Oc3ccc(OC(F)(F)F)cc3)cc2)(N2CC3(COC(=O)N3)C2)C(=O)N1. The van der Waals surface area contributed by atoms with Crippen molar-refractivity contribution in [3.63, 3.8) is 0 Å². The summed E-state index contributed by atoms with van der Waals surface area (Å²) in [6.07, 6.45) is -5.42. The average Bonchev–Trinajstić information content (AvgIpc) is 3.17. The number of nitrogens with zero attached hydrogens (tertiary/aromatic N) is 1. The second kappa shape index (κ2) is 8.12. The second-order valence-electron chi connectivity index (χ2n) is 8.43. The van der Waals surface area contributed by atoms with Crippen molar-refractivity contribution >= 4 is 23.9 Å². The van der Waals surface area contributed by atoms with Gasteiger partial charge in [0.25, 0.3) is 11.8 Å². The molecule has 14 heteroatoms. The van der Waals surface area contributed by atoms with Crippen molar-refractivity contribution in [3.05, 3.63) is 54.1 Å². The van der Waals surface area contributed by atoms with E-state index in [-0.39, 0.29) is 36.8 Å². The number of carbonyl (C=O) groups excluding carboxylic acids is 4. The number of carbonyl (C=O) groups is 4. The minimum atomic E-state index is -4.82. The minimum absolute atomic E-state index is 0.0696. The van der Waals surface area contributed by atoms with Crippen LogP contribution in [-0.4, -0.2) is 60.4 Å². The smallest absolute Gasteiger partial charge is 0.457 e. The molecule has 2 aromatic carbocycles. The number of benzene rings is 2. The Morgan fingerprint density at radius 2 is 1.36 bits per heavy atom. The number of amides is 5. The van der Waals surface area contributed by atoms with E-state index in [2.05, 4.69) is 20.7 Å². The number of ether oxygens (including phenoxy) is 3. The molecule has 0 aromatic heterocycles. The van der Waals surface area contributed by atoms with Gasteiger partial charge in [-0.2, -0.15) is 0 Å². The van der Waals surface area contributed by atoms with Gasteiger partial charge in [0.15, 0.2) is 0 Å². The van der Waals surface area contributed by atoms with E-state index in [4.69, 9.17) is 9.47 Å². The lowest BCUT2D eigenvalue weighted by Crippen LogP contribution is -2.80. The van der Waals surface area contributed by atoms with Gasteiger partial charge in [-0.15, -0.1) is 13.2 Å². The first-order chi connectivity index (χ1) is 17.0. The summed E-state index contributed by atoms with van der Waals surface area (Å²) in [4.78, 5) is 50.9. The molecule has 1 spiro atoms. The third kappa shape index (κ3) is 4.04. The highest BCUT2D eigenvalue weighted by atomic mass is 19.4. The summed E-state index contributed by atoms with van der Waals surface area (Å²) in [7, 11) is 0. The molecule has 5 amide bonds. The van der Waals surface area contributed by atoms with Crippen LogP contribution >= 0.6 is 0 Å². The van der Waals surface area contributed by atoms with E-state index < -0.39 is 47.1 Å². The van der Waals surface area contributed by atoms with Crippen LogP contribution in [0.1, 0.15) is 5.56 Å². The number of barbiturate groups is 1. The Morgan fingerprint density at radius 1 is 0.833 bits per heavy atom. The molecule has 188 valence electrons. The molecule has 0 bridgehead atoms. The maximum absolute atomic E-state index is 13.1. The van der Waals surface area contributed by atoms with Gasteiger partial charge in [-0.25, -0.2) is 9.59 Å². The van der Waals surface area contributed by atoms with Gasteiger partial charge in [-0.1, -0.05) is 12.1 Å². The molecule has 3 aliphatic rings.